The quantitative estimate of drug-likeness (QED) is 0.110. The second kappa shape index (κ2) is 12.0. The zero-order valence-corrected chi connectivity index (χ0v) is 25.2. The van der Waals surface area contributed by atoms with Gasteiger partial charge in [-0.15, -0.1) is 5.10 Å². The summed E-state index contributed by atoms with van der Waals surface area (Å²) in [5.41, 5.74) is 7.11. The fourth-order valence-corrected chi connectivity index (χ4v) is 6.02. The summed E-state index contributed by atoms with van der Waals surface area (Å²) in [6, 6.07) is 36.1. The molecule has 0 amide bonds. The molecule has 0 unspecified atom stereocenters. The molecule has 1 N–H and O–H groups in total. The molecule has 0 fully saturated rings. The zero-order chi connectivity index (χ0) is 28.2. The molecular weight excluding hydrogens is 640 g/mol. The molecule has 41 heavy (non-hydrogen) atoms. The van der Waals surface area contributed by atoms with Gasteiger partial charge in [0.2, 0.25) is 0 Å². The summed E-state index contributed by atoms with van der Waals surface area (Å²) in [5.74, 6) is 0.523. The van der Waals surface area contributed by atoms with Crippen molar-refractivity contribution < 1.29 is 0 Å². The number of nitrogens with zero attached hydrogens (tertiary/aromatic N) is 5. The lowest BCUT2D eigenvalue weighted by Crippen LogP contribution is -2.16. The van der Waals surface area contributed by atoms with Crippen LogP contribution in [0.25, 0.3) is 27.8 Å². The van der Waals surface area contributed by atoms with E-state index in [2.05, 4.69) is 47.4 Å². The van der Waals surface area contributed by atoms with Crippen molar-refractivity contribution in [2.24, 2.45) is 10.2 Å². The van der Waals surface area contributed by atoms with Crippen LogP contribution in [0.3, 0.4) is 0 Å². The van der Waals surface area contributed by atoms with E-state index in [0.717, 1.165) is 53.6 Å². The molecule has 0 saturated heterocycles. The van der Waals surface area contributed by atoms with Gasteiger partial charge in [-0.1, -0.05) is 88.7 Å². The van der Waals surface area contributed by atoms with Gasteiger partial charge in [0.15, 0.2) is 5.84 Å². The topological polar surface area (TPSA) is 67.5 Å². The number of nitrogens with one attached hydrogen (secondary N) is 1. The smallest absolute Gasteiger partial charge is 0.179 e. The third-order valence-corrected chi connectivity index (χ3v) is 7.58. The summed E-state index contributed by atoms with van der Waals surface area (Å²) in [7, 11) is 0. The molecule has 2 aromatic heterocycles. The van der Waals surface area contributed by atoms with E-state index in [0.29, 0.717) is 11.5 Å². The molecule has 6 rings (SSSR count). The van der Waals surface area contributed by atoms with E-state index in [4.69, 9.17) is 10.1 Å². The minimum atomic E-state index is 0.523. The molecule has 4 aromatic carbocycles. The van der Waals surface area contributed by atoms with Gasteiger partial charge in [-0.3, -0.25) is 0 Å². The highest BCUT2D eigenvalue weighted by Gasteiger charge is 2.14. The van der Waals surface area contributed by atoms with Gasteiger partial charge < -0.3 is 5.32 Å². The average Bonchev–Trinajstić information content (AvgIpc) is 3.43. The molecule has 0 aliphatic carbocycles. The van der Waals surface area contributed by atoms with E-state index in [1.807, 2.05) is 127 Å². The van der Waals surface area contributed by atoms with E-state index in [9.17, 15) is 0 Å². The molecule has 0 atom stereocenters. The van der Waals surface area contributed by atoms with Crippen molar-refractivity contribution in [2.45, 2.75) is 6.92 Å². The molecule has 0 aliphatic heterocycles. The monoisotopic (exact) mass is 662 g/mol. The number of hydrogen-bond acceptors (Lipinski definition) is 4. The number of hydrogen-bond donors (Lipinski definition) is 1. The minimum absolute atomic E-state index is 0.523. The fourth-order valence-electron chi connectivity index (χ4n) is 4.48. The van der Waals surface area contributed by atoms with Crippen molar-refractivity contribution in [3.05, 3.63) is 141 Å². The Morgan fingerprint density at radius 3 is 2.37 bits per heavy atom. The summed E-state index contributed by atoms with van der Waals surface area (Å²) in [6.45, 7) is 2.04. The number of halogens is 2. The zero-order valence-electron chi connectivity index (χ0n) is 22.0. The Balaban J connectivity index is 1.43. The van der Waals surface area contributed by atoms with Crippen LogP contribution in [0.15, 0.2) is 135 Å². The molecule has 0 radical (unpaired) electrons. The highest BCUT2D eigenvalue weighted by atomic mass is 79.9. The lowest BCUT2D eigenvalue weighted by atomic mass is 10.1. The standard InChI is InChI=1S/C33H24Br2N6/c1-22-18-26(34)19-28(35)31(22)38-33(30-17-16-23-10-8-9-15-29(23)37-30)39-36-20-25-21-41(27-13-6-3-7-14-27)40-32(25)24-11-4-2-5-12-24/h2-21H,1H3,(H,38,39). The Bertz CT molecular complexity index is 1870. The lowest BCUT2D eigenvalue weighted by Gasteiger charge is -2.14. The molecule has 200 valence electrons. The van der Waals surface area contributed by atoms with Gasteiger partial charge in [0.1, 0.15) is 11.4 Å². The summed E-state index contributed by atoms with van der Waals surface area (Å²) in [6.07, 6.45) is 3.70. The van der Waals surface area contributed by atoms with Crippen LogP contribution in [0.4, 0.5) is 5.69 Å². The van der Waals surface area contributed by atoms with E-state index < -0.39 is 0 Å². The number of para-hydroxylation sites is 2. The summed E-state index contributed by atoms with van der Waals surface area (Å²) in [5, 5.41) is 18.6. The largest absolute Gasteiger partial charge is 0.336 e. The number of anilines is 1. The molecule has 6 aromatic rings. The average molecular weight is 664 g/mol. The summed E-state index contributed by atoms with van der Waals surface area (Å²) >= 11 is 7.25. The number of amidine groups is 1. The van der Waals surface area contributed by atoms with Gasteiger partial charge in [-0.25, -0.2) is 9.67 Å². The van der Waals surface area contributed by atoms with Gasteiger partial charge in [-0.05, 0) is 64.8 Å². The van der Waals surface area contributed by atoms with Crippen LogP contribution in [-0.2, 0) is 0 Å². The molecule has 0 aliphatic rings. The Hall–Kier alpha value is -4.40. The highest BCUT2D eigenvalue weighted by molar-refractivity contribution is 9.11. The lowest BCUT2D eigenvalue weighted by molar-refractivity contribution is 0.884. The first-order valence-electron chi connectivity index (χ1n) is 13.0. The van der Waals surface area contributed by atoms with Crippen LogP contribution in [0.5, 0.6) is 0 Å². The second-order valence-corrected chi connectivity index (χ2v) is 11.1. The van der Waals surface area contributed by atoms with Crippen molar-refractivity contribution in [1.29, 1.82) is 0 Å². The van der Waals surface area contributed by atoms with E-state index in [-0.39, 0.29) is 0 Å². The maximum Gasteiger partial charge on any atom is 0.179 e. The number of aryl methyl sites for hydroxylation is 1. The number of pyridine rings is 1. The third kappa shape index (κ3) is 6.04. The van der Waals surface area contributed by atoms with Crippen molar-refractivity contribution >= 4 is 60.5 Å². The third-order valence-electron chi connectivity index (χ3n) is 6.50. The Kier molecular flexibility index (Phi) is 7.84. The SMILES string of the molecule is Cc1cc(Br)cc(Br)c1NC(=NN=Cc1cn(-c2ccccc2)nc1-c1ccccc1)c1ccc2ccccc2n1. The first-order chi connectivity index (χ1) is 20.0. The normalized spacial score (nSPS) is 11.8. The Morgan fingerprint density at radius 1 is 0.854 bits per heavy atom. The summed E-state index contributed by atoms with van der Waals surface area (Å²) < 4.78 is 3.74. The van der Waals surface area contributed by atoms with Crippen molar-refractivity contribution in [2.75, 3.05) is 5.32 Å². The number of benzene rings is 4. The van der Waals surface area contributed by atoms with Crippen LogP contribution >= 0.6 is 31.9 Å². The molecule has 0 spiro atoms. The van der Waals surface area contributed by atoms with Crippen LogP contribution in [0.1, 0.15) is 16.8 Å². The first kappa shape index (κ1) is 26.8. The highest BCUT2D eigenvalue weighted by Crippen LogP contribution is 2.31. The molecule has 8 heteroatoms. The van der Waals surface area contributed by atoms with Crippen molar-refractivity contribution in [1.82, 2.24) is 14.8 Å². The fraction of sp³-hybridized carbons (Fsp3) is 0.0303. The van der Waals surface area contributed by atoms with Crippen LogP contribution in [-0.4, -0.2) is 26.8 Å². The number of rotatable bonds is 6. The van der Waals surface area contributed by atoms with Crippen LogP contribution in [0, 0.1) is 6.92 Å². The van der Waals surface area contributed by atoms with Gasteiger partial charge in [-0.2, -0.15) is 10.2 Å². The minimum Gasteiger partial charge on any atom is -0.336 e. The predicted molar refractivity (Wildman–Crippen MR) is 175 cm³/mol. The Morgan fingerprint density at radius 2 is 1.59 bits per heavy atom. The second-order valence-electron chi connectivity index (χ2n) is 9.37. The molecular formula is C33H24Br2N6. The number of aromatic nitrogens is 3. The van der Waals surface area contributed by atoms with Gasteiger partial charge in [0.05, 0.1) is 23.1 Å². The molecule has 2 heterocycles. The molecule has 0 saturated carbocycles. The summed E-state index contributed by atoms with van der Waals surface area (Å²) in [4.78, 5) is 4.87. The van der Waals surface area contributed by atoms with E-state index in [1.165, 1.54) is 0 Å². The molecule has 0 bridgehead atoms. The number of fused-ring (bicyclic) bond motifs is 1. The van der Waals surface area contributed by atoms with Crippen LogP contribution < -0.4 is 5.32 Å². The predicted octanol–water partition coefficient (Wildman–Crippen LogP) is 8.81. The maximum atomic E-state index is 4.88. The van der Waals surface area contributed by atoms with Crippen molar-refractivity contribution in [3.8, 4) is 16.9 Å². The van der Waals surface area contributed by atoms with E-state index >= 15 is 0 Å². The first-order valence-corrected chi connectivity index (χ1v) is 14.5. The molecule has 6 nitrogen and oxygen atoms in total. The van der Waals surface area contributed by atoms with Gasteiger partial charge in [0.25, 0.3) is 0 Å². The van der Waals surface area contributed by atoms with E-state index in [1.54, 1.807) is 6.21 Å². The van der Waals surface area contributed by atoms with Gasteiger partial charge in [0, 0.05) is 31.7 Å². The van der Waals surface area contributed by atoms with Crippen molar-refractivity contribution in [3.63, 3.8) is 0 Å². The Labute approximate surface area is 254 Å². The van der Waals surface area contributed by atoms with Crippen LogP contribution in [0.2, 0.25) is 0 Å². The van der Waals surface area contributed by atoms with Gasteiger partial charge >= 0.3 is 0 Å². The maximum absolute atomic E-state index is 4.88.